The van der Waals surface area contributed by atoms with E-state index in [-0.39, 0.29) is 19.1 Å². The smallest absolute Gasteiger partial charge is 0.231 e. The van der Waals surface area contributed by atoms with Crippen LogP contribution >= 0.6 is 15.9 Å². The molecule has 0 spiro atoms. The van der Waals surface area contributed by atoms with Gasteiger partial charge in [-0.3, -0.25) is 0 Å². The normalized spacial score (nSPS) is 20.6. The lowest BCUT2D eigenvalue weighted by molar-refractivity contribution is -0.0191. The van der Waals surface area contributed by atoms with Crippen LogP contribution in [0.5, 0.6) is 23.0 Å². The fourth-order valence-electron chi connectivity index (χ4n) is 4.32. The number of benzene rings is 3. The molecule has 156 valence electrons. The molecule has 2 atom stereocenters. The van der Waals surface area contributed by atoms with Gasteiger partial charge in [-0.2, -0.15) is 5.10 Å². The average Bonchev–Trinajstić information content (AvgIpc) is 3.45. The van der Waals surface area contributed by atoms with E-state index < -0.39 is 0 Å². The molecule has 0 saturated heterocycles. The van der Waals surface area contributed by atoms with Crippen LogP contribution in [0.25, 0.3) is 0 Å². The van der Waals surface area contributed by atoms with Crippen LogP contribution in [0.2, 0.25) is 0 Å². The van der Waals surface area contributed by atoms with Crippen molar-refractivity contribution in [3.05, 3.63) is 81.8 Å². The van der Waals surface area contributed by atoms with Gasteiger partial charge in [0.25, 0.3) is 0 Å². The summed E-state index contributed by atoms with van der Waals surface area (Å²) in [6, 6.07) is 20.1. The molecular formula is C24H19BrN2O4. The minimum atomic E-state index is -0.347. The van der Waals surface area contributed by atoms with Gasteiger partial charge in [0.1, 0.15) is 11.5 Å². The van der Waals surface area contributed by atoms with Gasteiger partial charge < -0.3 is 18.9 Å². The number of ether oxygens (including phenoxy) is 4. The summed E-state index contributed by atoms with van der Waals surface area (Å²) in [5, 5.41) is 7.08. The van der Waals surface area contributed by atoms with Gasteiger partial charge in [0.05, 0.1) is 18.9 Å². The Bertz CT molecular complexity index is 1210. The second-order valence-corrected chi connectivity index (χ2v) is 8.56. The first-order chi connectivity index (χ1) is 15.2. The summed E-state index contributed by atoms with van der Waals surface area (Å²) in [7, 11) is 1.67. The monoisotopic (exact) mass is 478 g/mol. The minimum Gasteiger partial charge on any atom is -0.497 e. The summed E-state index contributed by atoms with van der Waals surface area (Å²) >= 11 is 3.60. The molecule has 6 rings (SSSR count). The second-order valence-electron chi connectivity index (χ2n) is 7.64. The summed E-state index contributed by atoms with van der Waals surface area (Å²) in [6.45, 7) is 0.257. The Hall–Kier alpha value is -3.19. The molecule has 0 radical (unpaired) electrons. The molecule has 3 aromatic rings. The van der Waals surface area contributed by atoms with E-state index in [1.807, 2.05) is 54.6 Å². The summed E-state index contributed by atoms with van der Waals surface area (Å²) in [5.41, 5.74) is 4.13. The van der Waals surface area contributed by atoms with E-state index in [1.165, 1.54) is 0 Å². The molecule has 7 heteroatoms. The van der Waals surface area contributed by atoms with E-state index in [4.69, 9.17) is 24.0 Å². The number of hydrazone groups is 1. The fourth-order valence-corrected chi connectivity index (χ4v) is 4.70. The number of halogens is 1. The second kappa shape index (κ2) is 7.20. The Morgan fingerprint density at radius 2 is 1.87 bits per heavy atom. The van der Waals surface area contributed by atoms with Crippen LogP contribution < -0.4 is 18.9 Å². The zero-order chi connectivity index (χ0) is 20.9. The number of hydrogen-bond acceptors (Lipinski definition) is 6. The zero-order valence-electron chi connectivity index (χ0n) is 16.7. The number of nitrogens with zero attached hydrogens (tertiary/aromatic N) is 2. The first-order valence-corrected chi connectivity index (χ1v) is 10.8. The van der Waals surface area contributed by atoms with Crippen LogP contribution in [0.3, 0.4) is 0 Å². The topological polar surface area (TPSA) is 52.5 Å². The SMILES string of the molecule is COc1cccc([C@H]2Oc3ccc(Br)cc3[C@H]3CC(c4ccc5c(c4)OCO5)=NN32)c1. The first kappa shape index (κ1) is 18.6. The Balaban J connectivity index is 1.44. The summed E-state index contributed by atoms with van der Waals surface area (Å²) in [6.07, 6.45) is 0.424. The molecule has 0 unspecified atom stereocenters. The van der Waals surface area contributed by atoms with Gasteiger partial charge in [0, 0.05) is 27.6 Å². The molecule has 0 aliphatic carbocycles. The van der Waals surface area contributed by atoms with Crippen molar-refractivity contribution in [2.45, 2.75) is 18.7 Å². The highest BCUT2D eigenvalue weighted by Crippen LogP contribution is 2.48. The third-order valence-corrected chi connectivity index (χ3v) is 6.33. The fraction of sp³-hybridized carbons (Fsp3) is 0.208. The van der Waals surface area contributed by atoms with Crippen molar-refractivity contribution in [3.63, 3.8) is 0 Å². The van der Waals surface area contributed by atoms with Crippen LogP contribution in [-0.4, -0.2) is 24.6 Å². The van der Waals surface area contributed by atoms with Crippen LogP contribution in [0, 0.1) is 0 Å². The van der Waals surface area contributed by atoms with Crippen molar-refractivity contribution < 1.29 is 18.9 Å². The van der Waals surface area contributed by atoms with Crippen LogP contribution in [0.1, 0.15) is 35.4 Å². The maximum absolute atomic E-state index is 6.44. The largest absolute Gasteiger partial charge is 0.497 e. The summed E-state index contributed by atoms with van der Waals surface area (Å²) in [5.74, 6) is 3.19. The predicted molar refractivity (Wildman–Crippen MR) is 119 cm³/mol. The highest BCUT2D eigenvalue weighted by atomic mass is 79.9. The average molecular weight is 479 g/mol. The maximum atomic E-state index is 6.44. The van der Waals surface area contributed by atoms with Gasteiger partial charge in [0.2, 0.25) is 13.0 Å². The number of rotatable bonds is 3. The first-order valence-electron chi connectivity index (χ1n) is 10.1. The summed E-state index contributed by atoms with van der Waals surface area (Å²) in [4.78, 5) is 0. The molecule has 0 N–H and O–H groups in total. The standard InChI is InChI=1S/C24H19BrN2O4/c1-28-17-4-2-3-15(9-17)24-27-20(18-11-16(25)6-8-21(18)31-24)12-19(26-27)14-5-7-22-23(10-14)30-13-29-22/h2-11,20,24H,12-13H2,1H3/t20-,24-/m1/s1. The van der Waals surface area contributed by atoms with Gasteiger partial charge in [-0.1, -0.05) is 28.1 Å². The van der Waals surface area contributed by atoms with Gasteiger partial charge in [-0.05, 0) is 48.5 Å². The number of methoxy groups -OCH3 is 1. The predicted octanol–water partition coefficient (Wildman–Crippen LogP) is 5.43. The van der Waals surface area contributed by atoms with Gasteiger partial charge in [-0.15, -0.1) is 0 Å². The van der Waals surface area contributed by atoms with Crippen LogP contribution in [-0.2, 0) is 0 Å². The Labute approximate surface area is 188 Å². The lowest BCUT2D eigenvalue weighted by atomic mass is 9.95. The number of hydrogen-bond donors (Lipinski definition) is 0. The van der Waals surface area contributed by atoms with E-state index in [1.54, 1.807) is 7.11 Å². The molecule has 3 heterocycles. The molecule has 3 aliphatic rings. The molecule has 3 aliphatic heterocycles. The highest BCUT2D eigenvalue weighted by Gasteiger charge is 2.41. The quantitative estimate of drug-likeness (QED) is 0.502. The molecule has 3 aromatic carbocycles. The molecular weight excluding hydrogens is 460 g/mol. The van der Waals surface area contributed by atoms with E-state index in [0.29, 0.717) is 0 Å². The van der Waals surface area contributed by atoms with Gasteiger partial charge in [0.15, 0.2) is 11.5 Å². The maximum Gasteiger partial charge on any atom is 0.231 e. The van der Waals surface area contributed by atoms with Crippen molar-refractivity contribution in [2.75, 3.05) is 13.9 Å². The Kier molecular flexibility index (Phi) is 4.31. The number of fused-ring (bicyclic) bond motifs is 4. The Morgan fingerprint density at radius 3 is 2.77 bits per heavy atom. The van der Waals surface area contributed by atoms with Crippen LogP contribution in [0.4, 0.5) is 0 Å². The molecule has 0 bridgehead atoms. The Morgan fingerprint density at radius 1 is 1.00 bits per heavy atom. The van der Waals surface area contributed by atoms with E-state index in [0.717, 1.165) is 56.3 Å². The van der Waals surface area contributed by atoms with Crippen molar-refractivity contribution in [2.24, 2.45) is 5.10 Å². The van der Waals surface area contributed by atoms with Crippen molar-refractivity contribution in [1.29, 1.82) is 0 Å². The third kappa shape index (κ3) is 3.11. The molecule has 0 amide bonds. The third-order valence-electron chi connectivity index (χ3n) is 5.84. The van der Waals surface area contributed by atoms with E-state index in [9.17, 15) is 0 Å². The van der Waals surface area contributed by atoms with Gasteiger partial charge in [-0.25, -0.2) is 5.01 Å². The zero-order valence-corrected chi connectivity index (χ0v) is 18.3. The lowest BCUT2D eigenvalue weighted by Gasteiger charge is -2.38. The summed E-state index contributed by atoms with van der Waals surface area (Å²) < 4.78 is 23.9. The molecule has 6 nitrogen and oxygen atoms in total. The minimum absolute atomic E-state index is 0.0675. The lowest BCUT2D eigenvalue weighted by Crippen LogP contribution is -2.33. The van der Waals surface area contributed by atoms with Crippen molar-refractivity contribution >= 4 is 21.6 Å². The molecule has 31 heavy (non-hydrogen) atoms. The molecule has 0 saturated carbocycles. The molecule has 0 aromatic heterocycles. The van der Waals surface area contributed by atoms with E-state index >= 15 is 0 Å². The van der Waals surface area contributed by atoms with Crippen molar-refractivity contribution in [3.8, 4) is 23.0 Å². The van der Waals surface area contributed by atoms with Crippen molar-refractivity contribution in [1.82, 2.24) is 5.01 Å². The van der Waals surface area contributed by atoms with E-state index in [2.05, 4.69) is 27.0 Å². The van der Waals surface area contributed by atoms with Gasteiger partial charge >= 0.3 is 0 Å². The molecule has 0 fully saturated rings. The van der Waals surface area contributed by atoms with Crippen LogP contribution in [0.15, 0.2) is 70.2 Å². The highest BCUT2D eigenvalue weighted by molar-refractivity contribution is 9.10.